The highest BCUT2D eigenvalue weighted by Crippen LogP contribution is 2.22. The summed E-state index contributed by atoms with van der Waals surface area (Å²) in [4.78, 5) is 13.9. The van der Waals surface area contributed by atoms with Crippen LogP contribution in [-0.4, -0.2) is 46.0 Å². The molecule has 0 saturated heterocycles. The first-order valence-corrected chi connectivity index (χ1v) is 8.39. The lowest BCUT2D eigenvalue weighted by Gasteiger charge is -2.23. The molecule has 0 bridgehead atoms. The molecule has 0 radical (unpaired) electrons. The van der Waals surface area contributed by atoms with Crippen LogP contribution in [0.15, 0.2) is 18.2 Å². The molecule has 0 spiro atoms. The predicted octanol–water partition coefficient (Wildman–Crippen LogP) is 0.888. The number of hydrogen-bond donors (Lipinski definition) is 2. The third kappa shape index (κ3) is 4.10. The molecule has 0 aliphatic carbocycles. The summed E-state index contributed by atoms with van der Waals surface area (Å²) in [7, 11) is 0.470. The van der Waals surface area contributed by atoms with Gasteiger partial charge >= 0.3 is 0 Å². The molecule has 0 aromatic heterocycles. The quantitative estimate of drug-likeness (QED) is 0.788. The maximum absolute atomic E-state index is 12.1. The van der Waals surface area contributed by atoms with Crippen LogP contribution in [0.25, 0.3) is 0 Å². The minimum absolute atomic E-state index is 0.0417. The van der Waals surface area contributed by atoms with Crippen molar-refractivity contribution >= 4 is 27.1 Å². The summed E-state index contributed by atoms with van der Waals surface area (Å²) >= 11 is 0. The highest BCUT2D eigenvalue weighted by Gasteiger charge is 2.30. The summed E-state index contributed by atoms with van der Waals surface area (Å²) in [5.41, 5.74) is 7.62. The Bertz CT molecular complexity index is 637. The van der Waals surface area contributed by atoms with Gasteiger partial charge in [0, 0.05) is 32.5 Å². The molecule has 3 N–H and O–H groups in total. The lowest BCUT2D eigenvalue weighted by molar-refractivity contribution is 0.0950. The van der Waals surface area contributed by atoms with E-state index in [0.717, 1.165) is 11.9 Å². The zero-order valence-electron chi connectivity index (χ0n) is 13.1. The highest BCUT2D eigenvalue weighted by molar-refractivity contribution is 7.92. The Morgan fingerprint density at radius 1 is 1.33 bits per heavy atom. The average molecular weight is 313 g/mol. The summed E-state index contributed by atoms with van der Waals surface area (Å²) in [5, 5.41) is 2.63. The molecule has 0 fully saturated rings. The number of hydrogen-bond acceptors (Lipinski definition) is 5. The van der Waals surface area contributed by atoms with Crippen LogP contribution in [0.2, 0.25) is 0 Å². The van der Waals surface area contributed by atoms with Crippen LogP contribution in [0.1, 0.15) is 24.2 Å². The fraction of sp³-hybridized carbons (Fsp3) is 0.500. The average Bonchev–Trinajstić information content (AvgIpc) is 2.34. The normalized spacial score (nSPS) is 12.0. The fourth-order valence-electron chi connectivity index (χ4n) is 1.63. The van der Waals surface area contributed by atoms with Gasteiger partial charge in [-0.15, -0.1) is 0 Å². The Morgan fingerprint density at radius 2 is 1.90 bits per heavy atom. The number of nitrogen functional groups attached to an aromatic ring is 1. The Balaban J connectivity index is 2.85. The van der Waals surface area contributed by atoms with Gasteiger partial charge in [-0.25, -0.2) is 8.42 Å². The molecule has 0 aliphatic rings. The van der Waals surface area contributed by atoms with Crippen molar-refractivity contribution in [3.8, 4) is 0 Å². The fourth-order valence-corrected chi connectivity index (χ4v) is 1.96. The van der Waals surface area contributed by atoms with Crippen molar-refractivity contribution in [2.24, 2.45) is 0 Å². The van der Waals surface area contributed by atoms with Crippen molar-refractivity contribution < 1.29 is 13.2 Å². The molecular formula is C14H23N3O3S. The minimum atomic E-state index is -3.25. The number of carbonyl (C=O) groups is 1. The van der Waals surface area contributed by atoms with E-state index in [-0.39, 0.29) is 12.5 Å². The van der Waals surface area contributed by atoms with E-state index in [1.165, 1.54) is 0 Å². The van der Waals surface area contributed by atoms with Gasteiger partial charge in [0.25, 0.3) is 5.91 Å². The molecule has 7 heteroatoms. The molecule has 0 saturated carbocycles. The Hall–Kier alpha value is -1.76. The zero-order chi connectivity index (χ0) is 16.4. The molecule has 6 nitrogen and oxygen atoms in total. The second-order valence-electron chi connectivity index (χ2n) is 5.88. The third-order valence-electron chi connectivity index (χ3n) is 3.45. The van der Waals surface area contributed by atoms with Crippen molar-refractivity contribution in [1.29, 1.82) is 0 Å². The van der Waals surface area contributed by atoms with E-state index in [1.807, 2.05) is 19.0 Å². The molecule has 1 amide bonds. The van der Waals surface area contributed by atoms with Crippen molar-refractivity contribution in [3.63, 3.8) is 0 Å². The molecule has 0 aliphatic heterocycles. The van der Waals surface area contributed by atoms with Gasteiger partial charge in [-0.05, 0) is 32.0 Å². The van der Waals surface area contributed by atoms with Crippen LogP contribution in [0.3, 0.4) is 0 Å². The summed E-state index contributed by atoms with van der Waals surface area (Å²) in [6.07, 6.45) is 1.16. The van der Waals surface area contributed by atoms with E-state index in [4.69, 9.17) is 5.73 Å². The van der Waals surface area contributed by atoms with Gasteiger partial charge in [-0.3, -0.25) is 4.79 Å². The van der Waals surface area contributed by atoms with Crippen LogP contribution in [-0.2, 0) is 9.84 Å². The van der Waals surface area contributed by atoms with Crippen LogP contribution in [0.5, 0.6) is 0 Å². The van der Waals surface area contributed by atoms with Crippen LogP contribution >= 0.6 is 0 Å². The number of nitrogens with zero attached hydrogens (tertiary/aromatic N) is 1. The van der Waals surface area contributed by atoms with Gasteiger partial charge in [0.05, 0.1) is 16.1 Å². The van der Waals surface area contributed by atoms with Crippen LogP contribution < -0.4 is 16.0 Å². The second-order valence-corrected chi connectivity index (χ2v) is 8.53. The molecule has 1 rings (SSSR count). The van der Waals surface area contributed by atoms with Crippen molar-refractivity contribution in [2.75, 3.05) is 37.5 Å². The van der Waals surface area contributed by atoms with Gasteiger partial charge in [0.15, 0.2) is 9.84 Å². The maximum Gasteiger partial charge on any atom is 0.251 e. The number of carbonyl (C=O) groups excluding carboxylic acids is 1. The summed E-state index contributed by atoms with van der Waals surface area (Å²) in [6, 6.07) is 5.00. The molecule has 21 heavy (non-hydrogen) atoms. The molecule has 118 valence electrons. The number of anilines is 2. The monoisotopic (exact) mass is 313 g/mol. The molecule has 1 aromatic rings. The van der Waals surface area contributed by atoms with Gasteiger partial charge in [-0.2, -0.15) is 0 Å². The third-order valence-corrected chi connectivity index (χ3v) is 5.60. The SMILES string of the molecule is CN(C)c1ccc(C(=O)NCC(C)(C)S(C)(=O)=O)cc1N. The lowest BCUT2D eigenvalue weighted by atomic mass is 10.1. The Labute approximate surface area is 126 Å². The number of nitrogens with one attached hydrogen (secondary N) is 1. The molecule has 0 unspecified atom stereocenters. The zero-order valence-corrected chi connectivity index (χ0v) is 13.9. The van der Waals surface area contributed by atoms with Crippen molar-refractivity contribution in [3.05, 3.63) is 23.8 Å². The summed E-state index contributed by atoms with van der Waals surface area (Å²) in [5.74, 6) is -0.344. The Kier molecular flexibility index (Phi) is 4.88. The van der Waals surface area contributed by atoms with E-state index in [9.17, 15) is 13.2 Å². The molecule has 0 heterocycles. The van der Waals surface area contributed by atoms with Gasteiger partial charge in [0.1, 0.15) is 0 Å². The number of benzene rings is 1. The highest BCUT2D eigenvalue weighted by atomic mass is 32.2. The minimum Gasteiger partial charge on any atom is -0.397 e. The van der Waals surface area contributed by atoms with Crippen LogP contribution in [0.4, 0.5) is 11.4 Å². The first-order valence-electron chi connectivity index (χ1n) is 6.50. The maximum atomic E-state index is 12.1. The second kappa shape index (κ2) is 5.93. The first kappa shape index (κ1) is 17.3. The summed E-state index contributed by atoms with van der Waals surface area (Å²) < 4.78 is 22.2. The van der Waals surface area contributed by atoms with E-state index in [0.29, 0.717) is 11.3 Å². The standard InChI is InChI=1S/C14H23N3O3S/c1-14(2,21(5,19)20)9-16-13(18)10-6-7-12(17(3)4)11(15)8-10/h6-8H,9,15H2,1-5H3,(H,16,18). The number of sulfone groups is 1. The molecular weight excluding hydrogens is 290 g/mol. The Morgan fingerprint density at radius 3 is 2.33 bits per heavy atom. The van der Waals surface area contributed by atoms with Crippen LogP contribution in [0, 0.1) is 0 Å². The van der Waals surface area contributed by atoms with Gasteiger partial charge in [0.2, 0.25) is 0 Å². The largest absolute Gasteiger partial charge is 0.397 e. The molecule has 1 aromatic carbocycles. The predicted molar refractivity (Wildman–Crippen MR) is 86.4 cm³/mol. The van der Waals surface area contributed by atoms with E-state index in [2.05, 4.69) is 5.32 Å². The van der Waals surface area contributed by atoms with Crippen molar-refractivity contribution in [2.45, 2.75) is 18.6 Å². The number of rotatable bonds is 5. The summed E-state index contributed by atoms with van der Waals surface area (Å²) in [6.45, 7) is 3.19. The number of amides is 1. The van der Waals surface area contributed by atoms with Gasteiger partial charge < -0.3 is 16.0 Å². The van der Waals surface area contributed by atoms with E-state index < -0.39 is 14.6 Å². The topological polar surface area (TPSA) is 92.5 Å². The smallest absolute Gasteiger partial charge is 0.251 e. The van der Waals surface area contributed by atoms with E-state index in [1.54, 1.807) is 32.0 Å². The lowest BCUT2D eigenvalue weighted by Crippen LogP contribution is -2.43. The van der Waals surface area contributed by atoms with Crippen molar-refractivity contribution in [1.82, 2.24) is 5.32 Å². The van der Waals surface area contributed by atoms with E-state index >= 15 is 0 Å². The van der Waals surface area contributed by atoms with Gasteiger partial charge in [-0.1, -0.05) is 0 Å². The molecule has 0 atom stereocenters. The first-order chi connectivity index (χ1) is 9.45. The number of nitrogens with two attached hydrogens (primary N) is 1.